The average molecular weight is 765 g/mol. The minimum atomic E-state index is 0.607. The summed E-state index contributed by atoms with van der Waals surface area (Å²) < 4.78 is 4.38. The first-order valence-electron chi connectivity index (χ1n) is 19.8. The second kappa shape index (κ2) is 14.1. The van der Waals surface area contributed by atoms with Crippen LogP contribution in [0.1, 0.15) is 11.1 Å². The maximum absolute atomic E-state index is 9.89. The van der Waals surface area contributed by atoms with Gasteiger partial charge in [-0.25, -0.2) is 9.97 Å². The Morgan fingerprint density at radius 1 is 0.367 bits per heavy atom. The van der Waals surface area contributed by atoms with Crippen LogP contribution in [0.25, 0.3) is 99.9 Å². The Hall–Kier alpha value is -8.58. The largest absolute Gasteiger partial charge is 0.294 e. The molecule has 6 nitrogen and oxygen atoms in total. The fourth-order valence-corrected chi connectivity index (χ4v) is 8.85. The van der Waals surface area contributed by atoms with Crippen LogP contribution in [0.15, 0.2) is 194 Å². The minimum Gasteiger partial charge on any atom is -0.294 e. The van der Waals surface area contributed by atoms with Gasteiger partial charge < -0.3 is 0 Å². The molecule has 11 aromatic rings. The number of nitriles is 2. The van der Waals surface area contributed by atoms with Gasteiger partial charge in [-0.3, -0.25) is 9.13 Å². The summed E-state index contributed by atoms with van der Waals surface area (Å²) in [5.74, 6) is 1.48. The van der Waals surface area contributed by atoms with Gasteiger partial charge in [0.1, 0.15) is 17.3 Å². The molecule has 0 N–H and O–H groups in total. The maximum Gasteiger partial charge on any atom is 0.146 e. The summed E-state index contributed by atoms with van der Waals surface area (Å²) in [6.45, 7) is 0. The van der Waals surface area contributed by atoms with Gasteiger partial charge in [0.2, 0.25) is 0 Å². The van der Waals surface area contributed by atoms with Gasteiger partial charge in [-0.05, 0) is 111 Å². The van der Waals surface area contributed by atoms with Crippen molar-refractivity contribution in [3.63, 3.8) is 0 Å². The van der Waals surface area contributed by atoms with E-state index in [2.05, 4.69) is 149 Å². The van der Waals surface area contributed by atoms with Gasteiger partial charge in [-0.2, -0.15) is 10.5 Å². The molecule has 6 heteroatoms. The molecule has 0 saturated heterocycles. The molecule has 0 aliphatic heterocycles. The lowest BCUT2D eigenvalue weighted by Gasteiger charge is -2.19. The third kappa shape index (κ3) is 5.56. The molecule has 0 atom stereocenters. The molecule has 0 fully saturated rings. The van der Waals surface area contributed by atoms with Crippen molar-refractivity contribution in [3.05, 3.63) is 205 Å². The van der Waals surface area contributed by atoms with Crippen molar-refractivity contribution < 1.29 is 0 Å². The van der Waals surface area contributed by atoms with Crippen LogP contribution in [0.2, 0.25) is 0 Å². The molecular weight excluding hydrogens is 733 g/mol. The first kappa shape index (κ1) is 34.7. The van der Waals surface area contributed by atoms with Crippen molar-refractivity contribution >= 4 is 43.7 Å². The molecule has 0 aliphatic carbocycles. The summed E-state index contributed by atoms with van der Waals surface area (Å²) in [6.07, 6.45) is 1.84. The van der Waals surface area contributed by atoms with Gasteiger partial charge in [0.15, 0.2) is 0 Å². The van der Waals surface area contributed by atoms with Crippen LogP contribution in [-0.2, 0) is 0 Å². The molecule has 0 spiro atoms. The van der Waals surface area contributed by atoms with Gasteiger partial charge in [-0.1, -0.05) is 121 Å². The molecule has 7 aromatic carbocycles. The third-order valence-corrected chi connectivity index (χ3v) is 11.5. The van der Waals surface area contributed by atoms with Gasteiger partial charge in [-0.15, -0.1) is 0 Å². The summed E-state index contributed by atoms with van der Waals surface area (Å²) in [5.41, 5.74) is 13.4. The van der Waals surface area contributed by atoms with Gasteiger partial charge in [0.05, 0.1) is 39.8 Å². The normalized spacial score (nSPS) is 11.3. The number of para-hydroxylation sites is 2. The number of aromatic nitrogens is 4. The molecule has 0 bridgehead atoms. The lowest BCUT2D eigenvalue weighted by molar-refractivity contribution is 1.00. The lowest BCUT2D eigenvalue weighted by atomic mass is 9.86. The monoisotopic (exact) mass is 764 g/mol. The zero-order valence-electron chi connectivity index (χ0n) is 32.2. The van der Waals surface area contributed by atoms with Crippen molar-refractivity contribution in [1.82, 2.24) is 19.1 Å². The van der Waals surface area contributed by atoms with Crippen LogP contribution in [0.4, 0.5) is 0 Å². The number of hydrogen-bond donors (Lipinski definition) is 0. The molecule has 0 unspecified atom stereocenters. The van der Waals surface area contributed by atoms with E-state index in [1.807, 2.05) is 66.9 Å². The van der Waals surface area contributed by atoms with E-state index < -0.39 is 0 Å². The van der Waals surface area contributed by atoms with Crippen LogP contribution in [0, 0.1) is 22.7 Å². The van der Waals surface area contributed by atoms with Crippen LogP contribution >= 0.6 is 0 Å². The van der Waals surface area contributed by atoms with Crippen molar-refractivity contribution in [2.24, 2.45) is 0 Å². The quantitative estimate of drug-likeness (QED) is 0.169. The van der Waals surface area contributed by atoms with Crippen LogP contribution in [0.5, 0.6) is 0 Å². The summed E-state index contributed by atoms with van der Waals surface area (Å²) in [7, 11) is 0. The number of nitrogens with zero attached hydrogens (tertiary/aromatic N) is 6. The third-order valence-electron chi connectivity index (χ3n) is 11.5. The summed E-state index contributed by atoms with van der Waals surface area (Å²) in [6, 6.07) is 69.0. The van der Waals surface area contributed by atoms with Gasteiger partial charge >= 0.3 is 0 Å². The summed E-state index contributed by atoms with van der Waals surface area (Å²) >= 11 is 0. The highest BCUT2D eigenvalue weighted by molar-refractivity contribution is 6.10. The second-order valence-corrected chi connectivity index (χ2v) is 14.8. The fourth-order valence-electron chi connectivity index (χ4n) is 8.85. The summed E-state index contributed by atoms with van der Waals surface area (Å²) in [5, 5.41) is 23.8. The predicted molar refractivity (Wildman–Crippen MR) is 242 cm³/mol. The number of hydrogen-bond acceptors (Lipinski definition) is 4. The zero-order chi connectivity index (χ0) is 40.2. The van der Waals surface area contributed by atoms with Crippen molar-refractivity contribution in [1.29, 1.82) is 10.5 Å². The maximum atomic E-state index is 9.89. The molecule has 4 aromatic heterocycles. The Bertz CT molecular complexity index is 3540. The van der Waals surface area contributed by atoms with Crippen molar-refractivity contribution in [2.45, 2.75) is 0 Å². The Balaban J connectivity index is 1.19. The number of benzene rings is 7. The topological polar surface area (TPSA) is 83.2 Å². The summed E-state index contributed by atoms with van der Waals surface area (Å²) in [4.78, 5) is 10.4. The number of fused-ring (bicyclic) bond motifs is 6. The van der Waals surface area contributed by atoms with E-state index in [0.29, 0.717) is 11.1 Å². The molecule has 4 heterocycles. The molecule has 11 rings (SSSR count). The molecule has 0 saturated carbocycles. The van der Waals surface area contributed by atoms with E-state index in [1.54, 1.807) is 0 Å². The fraction of sp³-hybridized carbons (Fsp3) is 0. The Morgan fingerprint density at radius 3 is 1.53 bits per heavy atom. The molecule has 0 amide bonds. The molecule has 0 aliphatic rings. The van der Waals surface area contributed by atoms with E-state index in [9.17, 15) is 10.5 Å². The Kier molecular flexibility index (Phi) is 8.15. The van der Waals surface area contributed by atoms with Gasteiger partial charge in [0, 0.05) is 27.7 Å². The first-order chi connectivity index (χ1) is 29.7. The highest BCUT2D eigenvalue weighted by Crippen LogP contribution is 2.43. The number of rotatable bonds is 6. The minimum absolute atomic E-state index is 0.607. The number of pyridine rings is 2. The smallest absolute Gasteiger partial charge is 0.146 e. The van der Waals surface area contributed by atoms with Crippen LogP contribution < -0.4 is 0 Å². The SMILES string of the molecule is N#Cc1cccc(-c2ccccc2-c2ccccc2-c2ccccc2-c2cc(-n3c4ccccc4c4cc(C#N)ccc43)nc(-n3c4ccccc4c4cccnc43)c2)c1. The molecule has 0 radical (unpaired) electrons. The molecule has 60 heavy (non-hydrogen) atoms. The standard InChI is InChI=1S/C54H32N6/c55-33-35-13-11-14-37(29-35)39-15-1-3-17-41(39)43-19-5-6-20-44(43)42-18-4-2-16-40(42)38-31-52(59-49-24-9-8-22-46(49)48-30-36(34-56)26-27-51(48)59)58-53(32-38)60-50-25-10-7-21-45(50)47-23-12-28-57-54(47)60/h1-32H. The average Bonchev–Trinajstić information content (AvgIpc) is 3.84. The van der Waals surface area contributed by atoms with Crippen molar-refractivity contribution in [3.8, 4) is 68.3 Å². The van der Waals surface area contributed by atoms with Gasteiger partial charge in [0.25, 0.3) is 0 Å². The second-order valence-electron chi connectivity index (χ2n) is 14.8. The van der Waals surface area contributed by atoms with E-state index in [1.165, 1.54) is 0 Å². The zero-order valence-corrected chi connectivity index (χ0v) is 32.2. The van der Waals surface area contributed by atoms with Crippen LogP contribution in [0.3, 0.4) is 0 Å². The lowest BCUT2D eigenvalue weighted by Crippen LogP contribution is -2.05. The predicted octanol–water partition coefficient (Wildman–Crippen LogP) is 13.1. The first-order valence-corrected chi connectivity index (χ1v) is 19.8. The molecular formula is C54H32N6. The molecule has 278 valence electrons. The van der Waals surface area contributed by atoms with E-state index in [0.717, 1.165) is 99.9 Å². The van der Waals surface area contributed by atoms with E-state index in [4.69, 9.17) is 9.97 Å². The van der Waals surface area contributed by atoms with E-state index in [-0.39, 0.29) is 0 Å². The van der Waals surface area contributed by atoms with E-state index >= 15 is 0 Å². The highest BCUT2D eigenvalue weighted by Gasteiger charge is 2.21. The Morgan fingerprint density at radius 2 is 0.867 bits per heavy atom. The highest BCUT2D eigenvalue weighted by atomic mass is 15.2. The van der Waals surface area contributed by atoms with Crippen molar-refractivity contribution in [2.75, 3.05) is 0 Å². The van der Waals surface area contributed by atoms with Crippen LogP contribution in [-0.4, -0.2) is 19.1 Å². The Labute approximate surface area is 345 Å².